The van der Waals surface area contributed by atoms with E-state index in [-0.39, 0.29) is 0 Å². The molecule has 2 rings (SSSR count). The van der Waals surface area contributed by atoms with E-state index in [1.165, 1.54) is 0 Å². The molecule has 194 valence electrons. The zero-order chi connectivity index (χ0) is 27.1. The Morgan fingerprint density at radius 2 is 0.758 bits per heavy atom. The maximum Gasteiger partial charge on any atom is 0.413 e. The van der Waals surface area contributed by atoms with Crippen LogP contribution in [0.5, 0.6) is 0 Å². The quantitative estimate of drug-likeness (QED) is 0.329. The van der Waals surface area contributed by atoms with Gasteiger partial charge < -0.3 is 0 Å². The third kappa shape index (κ3) is 2.03. The fourth-order valence-electron chi connectivity index (χ4n) is 4.75. The van der Waals surface area contributed by atoms with Crippen molar-refractivity contribution in [2.75, 3.05) is 0 Å². The summed E-state index contributed by atoms with van der Waals surface area (Å²) in [5.74, 6) is -23.0. The molecule has 2 saturated carbocycles. The Morgan fingerprint density at radius 1 is 0.455 bits per heavy atom. The molecule has 0 amide bonds. The average Bonchev–Trinajstić information content (AvgIpc) is 2.70. The fraction of sp³-hybridized carbons (Fsp3) is 0.917. The van der Waals surface area contributed by atoms with Crippen LogP contribution >= 0.6 is 0 Å². The van der Waals surface area contributed by atoms with Crippen molar-refractivity contribution < 1.29 is 92.6 Å². The van der Waals surface area contributed by atoms with E-state index in [1.54, 1.807) is 0 Å². The van der Waals surface area contributed by atoms with Crippen molar-refractivity contribution in [3.05, 3.63) is 0 Å². The molecule has 2 bridgehead atoms. The monoisotopic (exact) mass is 540 g/mol. The summed E-state index contributed by atoms with van der Waals surface area (Å²) in [6, 6.07) is 0. The smallest absolute Gasteiger partial charge is 0.297 e. The van der Waals surface area contributed by atoms with Crippen molar-refractivity contribution in [3.8, 4) is 0 Å². The van der Waals surface area contributed by atoms with E-state index in [0.717, 1.165) is 0 Å². The number of halogens is 20. The van der Waals surface area contributed by atoms with Gasteiger partial charge in [-0.15, -0.1) is 0 Å². The molecule has 2 aliphatic rings. The van der Waals surface area contributed by atoms with Crippen LogP contribution in [0.25, 0.3) is 0 Å². The second-order valence-electron chi connectivity index (χ2n) is 6.88. The van der Waals surface area contributed by atoms with Gasteiger partial charge in [-0.25, -0.2) is 4.39 Å². The van der Waals surface area contributed by atoms with Gasteiger partial charge in [-0.3, -0.25) is 4.79 Å². The van der Waals surface area contributed by atoms with Gasteiger partial charge in [0.15, 0.2) is 5.78 Å². The molecular weight excluding hydrogens is 540 g/mol. The van der Waals surface area contributed by atoms with Crippen molar-refractivity contribution in [1.29, 1.82) is 0 Å². The molecule has 0 aromatic heterocycles. The molecule has 1 nitrogen and oxygen atoms in total. The van der Waals surface area contributed by atoms with Gasteiger partial charge in [0.25, 0.3) is 5.41 Å². The lowest BCUT2D eigenvalue weighted by atomic mass is 9.62. The number of hydrogen-bond donors (Lipinski definition) is 0. The number of carbonyl (C=O) groups is 1. The summed E-state index contributed by atoms with van der Waals surface area (Å²) in [4.78, 5) is 11.8. The predicted octanol–water partition coefficient (Wildman–Crippen LogP) is 6.33. The second-order valence-corrected chi connectivity index (χ2v) is 6.88. The van der Waals surface area contributed by atoms with Crippen LogP contribution in [0.15, 0.2) is 0 Å². The fourth-order valence-corrected chi connectivity index (χ4v) is 4.75. The third-order valence-corrected chi connectivity index (χ3v) is 5.70. The maximum atomic E-state index is 15.2. The highest BCUT2D eigenvalue weighted by Crippen LogP contribution is 2.94. The van der Waals surface area contributed by atoms with Gasteiger partial charge in [-0.2, -0.15) is 83.4 Å². The van der Waals surface area contributed by atoms with E-state index in [9.17, 15) is 88.2 Å². The van der Waals surface area contributed by atoms with Gasteiger partial charge in [0, 0.05) is 0 Å². The summed E-state index contributed by atoms with van der Waals surface area (Å²) < 4.78 is 272. The van der Waals surface area contributed by atoms with Crippen molar-refractivity contribution in [2.45, 2.75) is 48.4 Å². The lowest BCUT2D eigenvalue weighted by Crippen LogP contribution is -2.78. The predicted molar refractivity (Wildman–Crippen MR) is 56.3 cm³/mol. The molecule has 0 heterocycles. The molecule has 0 radical (unpaired) electrons. The van der Waals surface area contributed by atoms with Crippen molar-refractivity contribution >= 4 is 5.78 Å². The first-order valence-electron chi connectivity index (χ1n) is 7.23. The van der Waals surface area contributed by atoms with Gasteiger partial charge >= 0.3 is 42.7 Å². The van der Waals surface area contributed by atoms with E-state index in [2.05, 4.69) is 0 Å². The highest BCUT2D eigenvalue weighted by atomic mass is 19.4. The van der Waals surface area contributed by atoms with Gasteiger partial charge in [0.2, 0.25) is 16.5 Å². The van der Waals surface area contributed by atoms with E-state index in [0.29, 0.717) is 0 Å². The molecule has 0 aliphatic heterocycles. The van der Waals surface area contributed by atoms with Gasteiger partial charge in [0.05, 0.1) is 0 Å². The Balaban J connectivity index is 3.63. The molecule has 2 unspecified atom stereocenters. The summed E-state index contributed by atoms with van der Waals surface area (Å²) in [5.41, 5.74) is -35.3. The van der Waals surface area contributed by atoms with Gasteiger partial charge in [-0.05, 0) is 0 Å². The lowest BCUT2D eigenvalue weighted by molar-refractivity contribution is -0.448. The Labute approximate surface area is 164 Å². The van der Waals surface area contributed by atoms with Crippen LogP contribution in [-0.2, 0) is 4.79 Å². The van der Waals surface area contributed by atoms with Crippen LogP contribution in [0.4, 0.5) is 87.8 Å². The molecule has 2 atom stereocenters. The standard InChI is InChI=1S/C12F20O/c13-5-3(9(21,22)23,10(24,25)26)1(33)2(8(18,19)20,6(14,15)7(5,16)17)4(5,11(27,28)29)12(30,31)32. The lowest BCUT2D eigenvalue weighted by Gasteiger charge is -2.49. The molecular formula is C12F20O. The number of Topliss-reactive ketones (excluding diaryl/α,β-unsaturated/α-hetero) is 1. The molecule has 2 fully saturated rings. The molecule has 0 spiro atoms. The molecule has 21 heteroatoms. The zero-order valence-electron chi connectivity index (χ0n) is 14.0. The number of fused-ring (bicyclic) bond motifs is 2. The first kappa shape index (κ1) is 27.5. The summed E-state index contributed by atoms with van der Waals surface area (Å²) in [6.45, 7) is 0. The number of alkyl halides is 20. The molecule has 0 N–H and O–H groups in total. The van der Waals surface area contributed by atoms with Gasteiger partial charge in [0.1, 0.15) is 0 Å². The number of rotatable bonds is 0. The SMILES string of the molecule is O=C1C(C(F)(F)F)(C(F)(F)F)C2(F)C(F)(F)C(F)(F)C1(C(F)(F)F)C2(C(F)(F)F)C(F)(F)F. The highest BCUT2D eigenvalue weighted by molar-refractivity contribution is 6.02. The first-order chi connectivity index (χ1) is 13.9. The summed E-state index contributed by atoms with van der Waals surface area (Å²) in [7, 11) is 0. The van der Waals surface area contributed by atoms with E-state index in [4.69, 9.17) is 0 Å². The number of ketones is 1. The minimum atomic E-state index is -9.06. The van der Waals surface area contributed by atoms with Crippen molar-refractivity contribution in [1.82, 2.24) is 0 Å². The van der Waals surface area contributed by atoms with Crippen LogP contribution in [-0.4, -0.2) is 54.2 Å². The Bertz CT molecular complexity index is 834. The minimum Gasteiger partial charge on any atom is -0.297 e. The maximum absolute atomic E-state index is 15.2. The normalized spacial score (nSPS) is 33.5. The average molecular weight is 540 g/mol. The Kier molecular flexibility index (Phi) is 4.78. The largest absolute Gasteiger partial charge is 0.413 e. The molecule has 0 saturated heterocycles. The summed E-state index contributed by atoms with van der Waals surface area (Å²) in [6.07, 6.45) is -43.2. The van der Waals surface area contributed by atoms with E-state index < -0.39 is 70.4 Å². The zero-order valence-corrected chi connectivity index (χ0v) is 14.0. The second kappa shape index (κ2) is 5.73. The van der Waals surface area contributed by atoms with E-state index in [1.807, 2.05) is 0 Å². The van der Waals surface area contributed by atoms with Gasteiger partial charge in [-0.1, -0.05) is 0 Å². The van der Waals surface area contributed by atoms with Crippen LogP contribution in [0, 0.1) is 16.2 Å². The Morgan fingerprint density at radius 3 is 0.939 bits per heavy atom. The number of hydrogen-bond acceptors (Lipinski definition) is 1. The summed E-state index contributed by atoms with van der Waals surface area (Å²) >= 11 is 0. The highest BCUT2D eigenvalue weighted by Gasteiger charge is 3.22. The molecule has 33 heavy (non-hydrogen) atoms. The summed E-state index contributed by atoms with van der Waals surface area (Å²) in [5, 5.41) is 0. The number of carbonyl (C=O) groups excluding carboxylic acids is 1. The molecule has 2 aliphatic carbocycles. The molecule has 0 aromatic rings. The van der Waals surface area contributed by atoms with E-state index >= 15 is 4.39 Å². The van der Waals surface area contributed by atoms with Crippen LogP contribution < -0.4 is 0 Å². The first-order valence-corrected chi connectivity index (χ1v) is 7.23. The third-order valence-electron chi connectivity index (χ3n) is 5.70. The molecule has 0 aromatic carbocycles. The van der Waals surface area contributed by atoms with Crippen molar-refractivity contribution in [2.24, 2.45) is 16.2 Å². The van der Waals surface area contributed by atoms with Crippen LogP contribution in [0.2, 0.25) is 0 Å². The minimum absolute atomic E-state index is 5.88. The van der Waals surface area contributed by atoms with Crippen molar-refractivity contribution in [3.63, 3.8) is 0 Å². The Hall–Kier alpha value is -1.73. The topological polar surface area (TPSA) is 17.1 Å². The van der Waals surface area contributed by atoms with Crippen LogP contribution in [0.3, 0.4) is 0 Å². The van der Waals surface area contributed by atoms with Crippen LogP contribution in [0.1, 0.15) is 0 Å².